The molecule has 1 amide bonds. The third-order valence-corrected chi connectivity index (χ3v) is 1.98. The van der Waals surface area contributed by atoms with E-state index >= 15 is 0 Å². The van der Waals surface area contributed by atoms with E-state index < -0.39 is 12.0 Å². The molecule has 0 saturated heterocycles. The number of ether oxygens (including phenoxy) is 1. The Hall–Kier alpha value is -1.14. The number of hydrogen-bond acceptors (Lipinski definition) is 4. The average molecular weight is 232 g/mol. The van der Waals surface area contributed by atoms with E-state index in [-0.39, 0.29) is 12.5 Å². The molecule has 0 spiro atoms. The molecule has 0 aromatic rings. The summed E-state index contributed by atoms with van der Waals surface area (Å²) in [5.74, 6) is -1.30. The van der Waals surface area contributed by atoms with Crippen molar-refractivity contribution in [2.24, 2.45) is 0 Å². The molecule has 0 bridgehead atoms. The Morgan fingerprint density at radius 3 is 2.62 bits per heavy atom. The van der Waals surface area contributed by atoms with Crippen LogP contribution in [0.15, 0.2) is 0 Å². The first-order valence-electron chi connectivity index (χ1n) is 5.33. The Labute approximate surface area is 95.4 Å². The molecule has 0 aromatic heterocycles. The van der Waals surface area contributed by atoms with E-state index in [0.29, 0.717) is 26.0 Å². The van der Waals surface area contributed by atoms with Gasteiger partial charge in [-0.1, -0.05) is 13.3 Å². The molecular weight excluding hydrogens is 212 g/mol. The zero-order chi connectivity index (χ0) is 12.4. The van der Waals surface area contributed by atoms with Crippen LogP contribution in [0.4, 0.5) is 0 Å². The fraction of sp³-hybridized carbons (Fsp3) is 0.800. The summed E-state index contributed by atoms with van der Waals surface area (Å²) in [4.78, 5) is 22.1. The molecule has 0 aromatic carbocycles. The van der Waals surface area contributed by atoms with Crippen LogP contribution in [0, 0.1) is 0 Å². The maximum absolute atomic E-state index is 11.3. The summed E-state index contributed by atoms with van der Waals surface area (Å²) < 4.78 is 4.79. The third-order valence-electron chi connectivity index (χ3n) is 1.98. The number of carboxylic acid groups (broad SMARTS) is 1. The number of hydrogen-bond donors (Lipinski definition) is 3. The van der Waals surface area contributed by atoms with Gasteiger partial charge in [0.1, 0.15) is 6.04 Å². The van der Waals surface area contributed by atoms with Crippen molar-refractivity contribution in [3.63, 3.8) is 0 Å². The molecule has 0 aliphatic carbocycles. The van der Waals surface area contributed by atoms with E-state index in [1.165, 1.54) is 0 Å². The van der Waals surface area contributed by atoms with Gasteiger partial charge in [0.15, 0.2) is 0 Å². The van der Waals surface area contributed by atoms with Crippen LogP contribution in [-0.4, -0.2) is 49.8 Å². The minimum absolute atomic E-state index is 0.108. The minimum Gasteiger partial charge on any atom is -0.480 e. The highest BCUT2D eigenvalue weighted by molar-refractivity contribution is 5.84. The molecular formula is C10H20N2O4. The van der Waals surface area contributed by atoms with Gasteiger partial charge in [-0.2, -0.15) is 0 Å². The summed E-state index contributed by atoms with van der Waals surface area (Å²) in [5.41, 5.74) is 0. The molecule has 0 unspecified atom stereocenters. The minimum atomic E-state index is -0.993. The molecule has 6 heteroatoms. The molecule has 94 valence electrons. The average Bonchev–Trinajstić information content (AvgIpc) is 2.23. The second-order valence-electron chi connectivity index (χ2n) is 3.42. The Balaban J connectivity index is 3.77. The summed E-state index contributed by atoms with van der Waals surface area (Å²) in [6.07, 6.45) is 1.16. The first-order valence-corrected chi connectivity index (χ1v) is 5.33. The van der Waals surface area contributed by atoms with E-state index in [9.17, 15) is 9.59 Å². The van der Waals surface area contributed by atoms with Gasteiger partial charge in [-0.3, -0.25) is 4.79 Å². The molecule has 0 aliphatic heterocycles. The smallest absolute Gasteiger partial charge is 0.326 e. The molecule has 1 atom stereocenters. The van der Waals surface area contributed by atoms with Gasteiger partial charge in [0.2, 0.25) is 5.91 Å². The largest absolute Gasteiger partial charge is 0.480 e. The molecule has 3 N–H and O–H groups in total. The van der Waals surface area contributed by atoms with E-state index in [1.807, 2.05) is 6.92 Å². The molecule has 0 rings (SSSR count). The maximum Gasteiger partial charge on any atom is 0.326 e. The number of carbonyl (C=O) groups is 2. The van der Waals surface area contributed by atoms with Gasteiger partial charge in [0.25, 0.3) is 0 Å². The fourth-order valence-electron chi connectivity index (χ4n) is 1.17. The summed E-state index contributed by atoms with van der Waals surface area (Å²) in [6.45, 7) is 3.07. The molecule has 0 aliphatic rings. The van der Waals surface area contributed by atoms with Crippen molar-refractivity contribution in [3.8, 4) is 0 Å². The van der Waals surface area contributed by atoms with Gasteiger partial charge in [-0.15, -0.1) is 0 Å². The van der Waals surface area contributed by atoms with Gasteiger partial charge in [0.05, 0.1) is 13.2 Å². The Bertz CT molecular complexity index is 221. The van der Waals surface area contributed by atoms with Crippen molar-refractivity contribution in [2.45, 2.75) is 25.8 Å². The van der Waals surface area contributed by atoms with Crippen LogP contribution in [0.1, 0.15) is 19.8 Å². The maximum atomic E-state index is 11.3. The predicted octanol–water partition coefficient (Wildman–Crippen LogP) is -0.408. The number of aliphatic carboxylic acids is 1. The number of methoxy groups -OCH3 is 1. The number of amides is 1. The van der Waals surface area contributed by atoms with Crippen molar-refractivity contribution < 1.29 is 19.4 Å². The molecule has 0 saturated carbocycles. The second-order valence-corrected chi connectivity index (χ2v) is 3.42. The summed E-state index contributed by atoms with van der Waals surface area (Å²) in [7, 11) is 1.57. The summed E-state index contributed by atoms with van der Waals surface area (Å²) in [6, 6.07) is -0.790. The zero-order valence-electron chi connectivity index (χ0n) is 9.78. The third kappa shape index (κ3) is 7.19. The lowest BCUT2D eigenvalue weighted by Gasteiger charge is -2.13. The van der Waals surface area contributed by atoms with Crippen LogP contribution in [-0.2, 0) is 14.3 Å². The predicted molar refractivity (Wildman–Crippen MR) is 59.2 cm³/mol. The number of nitrogens with one attached hydrogen (secondary N) is 2. The van der Waals surface area contributed by atoms with Crippen molar-refractivity contribution in [3.05, 3.63) is 0 Å². The zero-order valence-corrected chi connectivity index (χ0v) is 9.78. The highest BCUT2D eigenvalue weighted by Crippen LogP contribution is 1.96. The molecule has 6 nitrogen and oxygen atoms in total. The molecule has 0 fully saturated rings. The highest BCUT2D eigenvalue weighted by atomic mass is 16.5. The molecule has 0 radical (unpaired) electrons. The van der Waals surface area contributed by atoms with Crippen molar-refractivity contribution >= 4 is 11.9 Å². The van der Waals surface area contributed by atoms with Gasteiger partial charge >= 0.3 is 5.97 Å². The Morgan fingerprint density at radius 1 is 1.44 bits per heavy atom. The monoisotopic (exact) mass is 232 g/mol. The van der Waals surface area contributed by atoms with Gasteiger partial charge in [-0.05, 0) is 6.42 Å². The van der Waals surface area contributed by atoms with Crippen LogP contribution in [0.2, 0.25) is 0 Å². The van der Waals surface area contributed by atoms with Gasteiger partial charge in [0, 0.05) is 13.7 Å². The number of rotatable bonds is 9. The van der Waals surface area contributed by atoms with Crippen LogP contribution in [0.5, 0.6) is 0 Å². The van der Waals surface area contributed by atoms with Gasteiger partial charge in [-0.25, -0.2) is 4.79 Å². The van der Waals surface area contributed by atoms with Crippen LogP contribution >= 0.6 is 0 Å². The molecule has 16 heavy (non-hydrogen) atoms. The standard InChI is InChI=1S/C10H20N2O4/c1-3-4-8(10(14)15)12-9(13)7-11-5-6-16-2/h8,11H,3-7H2,1-2H3,(H,12,13)(H,14,15)/t8-/m1/s1. The topological polar surface area (TPSA) is 87.7 Å². The summed E-state index contributed by atoms with van der Waals surface area (Å²) >= 11 is 0. The van der Waals surface area contributed by atoms with E-state index in [1.54, 1.807) is 7.11 Å². The first kappa shape index (κ1) is 14.9. The number of carbonyl (C=O) groups excluding carboxylic acids is 1. The lowest BCUT2D eigenvalue weighted by molar-refractivity contribution is -0.141. The number of carboxylic acids is 1. The van der Waals surface area contributed by atoms with E-state index in [2.05, 4.69) is 10.6 Å². The Kier molecular flexibility index (Phi) is 8.46. The van der Waals surface area contributed by atoms with Crippen molar-refractivity contribution in [2.75, 3.05) is 26.8 Å². The fourth-order valence-corrected chi connectivity index (χ4v) is 1.17. The van der Waals surface area contributed by atoms with Crippen LogP contribution < -0.4 is 10.6 Å². The summed E-state index contributed by atoms with van der Waals surface area (Å²) in [5, 5.41) is 14.1. The quantitative estimate of drug-likeness (QED) is 0.470. The lowest BCUT2D eigenvalue weighted by atomic mass is 10.1. The van der Waals surface area contributed by atoms with Crippen molar-refractivity contribution in [1.29, 1.82) is 0 Å². The molecule has 0 heterocycles. The lowest BCUT2D eigenvalue weighted by Crippen LogP contribution is -2.44. The highest BCUT2D eigenvalue weighted by Gasteiger charge is 2.17. The van der Waals surface area contributed by atoms with Crippen LogP contribution in [0.3, 0.4) is 0 Å². The second kappa shape index (κ2) is 9.11. The van der Waals surface area contributed by atoms with E-state index in [4.69, 9.17) is 9.84 Å². The van der Waals surface area contributed by atoms with Crippen molar-refractivity contribution in [1.82, 2.24) is 10.6 Å². The SMILES string of the molecule is CCC[C@@H](NC(=O)CNCCOC)C(=O)O. The van der Waals surface area contributed by atoms with E-state index in [0.717, 1.165) is 0 Å². The Morgan fingerprint density at radius 2 is 2.12 bits per heavy atom. The van der Waals surface area contributed by atoms with Crippen LogP contribution in [0.25, 0.3) is 0 Å². The van der Waals surface area contributed by atoms with Gasteiger partial charge < -0.3 is 20.5 Å². The first-order chi connectivity index (χ1) is 7.61. The normalized spacial score (nSPS) is 12.1.